The van der Waals surface area contributed by atoms with E-state index in [1.54, 1.807) is 36.4 Å². The molecule has 638 valence electrons. The van der Waals surface area contributed by atoms with Gasteiger partial charge in [0.2, 0.25) is 41.4 Å². The summed E-state index contributed by atoms with van der Waals surface area (Å²) in [5, 5.41) is 121. The molecule has 3 unspecified atom stereocenters. The Morgan fingerprint density at radius 3 is 1.18 bits per heavy atom. The van der Waals surface area contributed by atoms with Crippen LogP contribution < -0.4 is 53.6 Å². The smallest absolute Gasteiger partial charge is 0.326 e. The zero-order valence-electron chi connectivity index (χ0n) is 64.1. The van der Waals surface area contributed by atoms with Crippen LogP contribution in [0.5, 0.6) is 5.75 Å². The Balaban J connectivity index is 1.23. The molecule has 1 saturated heterocycles. The lowest BCUT2D eigenvalue weighted by Crippen LogP contribution is -2.59. The van der Waals surface area contributed by atoms with E-state index in [1.807, 2.05) is 28.8 Å². The Morgan fingerprint density at radius 1 is 0.342 bits per heavy atom. The lowest BCUT2D eigenvalue weighted by molar-refractivity contribution is -0.145. The number of carbonyl (C=O) groups excluding carboxylic acids is 8. The fourth-order valence-electron chi connectivity index (χ4n) is 12.5. The molecule has 41 nitrogen and oxygen atoms in total. The summed E-state index contributed by atoms with van der Waals surface area (Å²) in [6.45, 7) is -1.54. The number of hydrogen-bond acceptors (Lipinski definition) is 23. The third-order valence-electron chi connectivity index (χ3n) is 18.9. The van der Waals surface area contributed by atoms with Crippen LogP contribution in [-0.4, -0.2) is 305 Å². The van der Waals surface area contributed by atoms with Crippen molar-refractivity contribution in [1.29, 1.82) is 0 Å². The molecular weight excluding hydrogens is 1540 g/mol. The van der Waals surface area contributed by atoms with Crippen molar-refractivity contribution in [1.82, 2.24) is 67.5 Å². The maximum atomic E-state index is 15.0. The molecule has 1 aliphatic heterocycles. The van der Waals surface area contributed by atoms with Crippen molar-refractivity contribution in [2.24, 2.45) is 0 Å². The van der Waals surface area contributed by atoms with Crippen LogP contribution in [0, 0.1) is 0 Å². The lowest BCUT2D eigenvalue weighted by Gasteiger charge is -2.35. The summed E-state index contributed by atoms with van der Waals surface area (Å²) < 4.78 is 0. The summed E-state index contributed by atoms with van der Waals surface area (Å²) in [4.78, 5) is 223. The number of aliphatic carboxylic acids is 9. The van der Waals surface area contributed by atoms with Crippen LogP contribution in [0.15, 0.2) is 91.0 Å². The van der Waals surface area contributed by atoms with Crippen molar-refractivity contribution < 1.29 is 133 Å². The molecule has 0 saturated carbocycles. The first-order chi connectivity index (χ1) is 55.5. The molecular formula is C76H102N14O27. The van der Waals surface area contributed by atoms with Gasteiger partial charge in [-0.2, -0.15) is 0 Å². The number of aromatic hydroxyl groups is 1. The number of urea groups is 1. The number of carbonyl (C=O) groups is 17. The number of nitrogens with two attached hydrogens (primary N) is 1. The first-order valence-electron chi connectivity index (χ1n) is 37.6. The number of amides is 9. The second-order valence-electron chi connectivity index (χ2n) is 27.9. The van der Waals surface area contributed by atoms with Gasteiger partial charge in [-0.25, -0.2) is 24.0 Å². The zero-order chi connectivity index (χ0) is 86.3. The fraction of sp³-hybridized carbons (Fsp3) is 0.487. The number of unbranched alkanes of at least 4 members (excludes halogenated alkanes) is 1. The van der Waals surface area contributed by atoms with Gasteiger partial charge in [0.15, 0.2) is 0 Å². The predicted molar refractivity (Wildman–Crippen MR) is 412 cm³/mol. The average Bonchev–Trinajstić information content (AvgIpc) is 0.826. The van der Waals surface area contributed by atoms with Gasteiger partial charge in [-0.05, 0) is 103 Å². The van der Waals surface area contributed by atoms with E-state index in [0.29, 0.717) is 22.4 Å². The Labute approximate surface area is 670 Å². The van der Waals surface area contributed by atoms with Gasteiger partial charge in [0, 0.05) is 123 Å². The van der Waals surface area contributed by atoms with Crippen LogP contribution >= 0.6 is 0 Å². The van der Waals surface area contributed by atoms with Gasteiger partial charge >= 0.3 is 59.8 Å². The summed E-state index contributed by atoms with van der Waals surface area (Å²) in [5.41, 5.74) is 7.70. The normalized spacial score (nSPS) is 15.1. The van der Waals surface area contributed by atoms with Gasteiger partial charge in [-0.1, -0.05) is 66.7 Å². The first kappa shape index (κ1) is 95.0. The highest BCUT2D eigenvalue weighted by Gasteiger charge is 2.35. The molecule has 0 radical (unpaired) electrons. The van der Waals surface area contributed by atoms with Crippen LogP contribution in [0.3, 0.4) is 0 Å². The van der Waals surface area contributed by atoms with Crippen LogP contribution in [0.4, 0.5) is 10.5 Å². The van der Waals surface area contributed by atoms with Crippen LogP contribution in [0.2, 0.25) is 0 Å². The number of nitrogens with zero attached hydrogens (tertiary/aromatic N) is 4. The molecule has 1 aliphatic rings. The summed E-state index contributed by atoms with van der Waals surface area (Å²) in [6.07, 6.45) is -4.82. The highest BCUT2D eigenvalue weighted by Crippen LogP contribution is 2.20. The second-order valence-corrected chi connectivity index (χ2v) is 27.9. The van der Waals surface area contributed by atoms with Gasteiger partial charge in [-0.15, -0.1) is 0 Å². The largest absolute Gasteiger partial charge is 0.508 e. The van der Waals surface area contributed by atoms with Gasteiger partial charge < -0.3 is 105 Å². The molecule has 4 aromatic rings. The molecule has 117 heavy (non-hydrogen) atoms. The van der Waals surface area contributed by atoms with Crippen molar-refractivity contribution >= 4 is 118 Å². The number of carboxylic acid groups (broad SMARTS) is 9. The molecule has 9 amide bonds. The van der Waals surface area contributed by atoms with Crippen LogP contribution in [0.25, 0.3) is 10.8 Å². The van der Waals surface area contributed by atoms with E-state index < -0.39 is 208 Å². The molecule has 1 heterocycles. The number of nitrogens with one attached hydrogen (secondary N) is 9. The Bertz CT molecular complexity index is 4080. The average molecular weight is 1640 g/mol. The van der Waals surface area contributed by atoms with Gasteiger partial charge in [0.05, 0.1) is 19.6 Å². The predicted octanol–water partition coefficient (Wildman–Crippen LogP) is -1.73. The third-order valence-corrected chi connectivity index (χ3v) is 18.9. The summed E-state index contributed by atoms with van der Waals surface area (Å²) in [7, 11) is 0. The zero-order valence-corrected chi connectivity index (χ0v) is 64.1. The number of rotatable bonds is 49. The molecule has 0 aromatic heterocycles. The topological polar surface area (TPSA) is 640 Å². The number of anilines is 1. The Hall–Kier alpha value is -12.6. The number of phenols is 1. The lowest BCUT2D eigenvalue weighted by atomic mass is 9.99. The fourth-order valence-corrected chi connectivity index (χ4v) is 12.5. The minimum atomic E-state index is -1.75. The number of fused-ring (bicyclic) bond motifs is 1. The van der Waals surface area contributed by atoms with E-state index in [9.17, 15) is 123 Å². The number of benzene rings is 4. The van der Waals surface area contributed by atoms with Crippen molar-refractivity contribution in [2.45, 2.75) is 151 Å². The Morgan fingerprint density at radius 2 is 0.718 bits per heavy atom. The quantitative estimate of drug-likeness (QED) is 0.0173. The molecule has 21 N–H and O–H groups in total. The van der Waals surface area contributed by atoms with Crippen molar-refractivity contribution in [3.63, 3.8) is 0 Å². The number of phenolic OH excluding ortho intramolecular Hbond substituents is 1. The van der Waals surface area contributed by atoms with Gasteiger partial charge in [0.25, 0.3) is 0 Å². The third kappa shape index (κ3) is 36.6. The van der Waals surface area contributed by atoms with E-state index >= 15 is 4.79 Å². The SMILES string of the molecule is Nc1ccc(CC(NC(=O)CCC(C(=O)O)N2CCN(CC(=O)O)CCN(CC(=O)O)CCN(CC(=O)O)CC2)C(=O)N[C@H](Cc2ccc(O)cc2)C(=O)N[C@H](Cc2ccc3ccccc3c2)C(=O)N[C@H](CCCCNC(=O)CCC(=O)NCCCC(NC(=O)CC[C@H](NC(=O)N[C@@H](CCC(=O)O)C(=O)O)C(=O)O)C(=O)O)C(=O)O)cc1. The molecule has 1 fully saturated rings. The number of carboxylic acids is 9. The highest BCUT2D eigenvalue weighted by atomic mass is 16.4. The molecule has 0 aliphatic carbocycles. The Kier molecular flexibility index (Phi) is 39.9. The summed E-state index contributed by atoms with van der Waals surface area (Å²) >= 11 is 0. The summed E-state index contributed by atoms with van der Waals surface area (Å²) in [6, 6.07) is 10.4. The van der Waals surface area contributed by atoms with Gasteiger partial charge in [0.1, 0.15) is 54.1 Å². The van der Waals surface area contributed by atoms with Gasteiger partial charge in [-0.3, -0.25) is 77.1 Å². The standard InChI is InChI=1S/C76H102N14O27/c77-50-16-11-45(12-17-50)39-56(81-63(95)24-22-59(75(115)116)90-36-34-88(43-66(100)101)32-30-87(42-65(98)99)31-33-89(35-37-90)44-67(102)103)68(104)83-57(40-46-13-18-51(91)19-14-46)70(106)84-58(41-47-10-15-48-6-1-2-7-49(48)38-47)69(105)82-53(72(109)110)8-3-4-28-78-60(92)25-26-61(93)79-29-5-9-52(71(107)108)80-62(94)23-20-54(73(111)112)85-76(117)86-55(74(113)114)21-27-64(96)97/h1-2,6-7,10-19,38,52-59,91H,3-5,8-9,20-37,39-44,77H2,(H,78,92)(H,79,93)(H,80,94)(H,81,95)(H,82,105)(H,83,104)(H,84,106)(H,96,97)(H,98,99)(H,100,101)(H,102,103)(H,107,108)(H,109,110)(H,111,112)(H,113,114)(H,115,116)(H2,85,86,117)/t52?,53-,54+,55+,56?,57-,58-,59?/m1/s1. The summed E-state index contributed by atoms with van der Waals surface area (Å²) in [5.74, 6) is -18.5. The minimum absolute atomic E-state index is 0.000109. The van der Waals surface area contributed by atoms with E-state index in [4.69, 9.17) is 10.8 Å². The molecule has 4 aromatic carbocycles. The van der Waals surface area contributed by atoms with Crippen LogP contribution in [-0.2, 0) is 96.0 Å². The molecule has 5 rings (SSSR count). The van der Waals surface area contributed by atoms with E-state index in [2.05, 4.69) is 37.2 Å². The highest BCUT2D eigenvalue weighted by molar-refractivity contribution is 5.96. The number of nitrogen functional groups attached to an aromatic ring is 1. The minimum Gasteiger partial charge on any atom is -0.508 e. The first-order valence-corrected chi connectivity index (χ1v) is 37.6. The van der Waals surface area contributed by atoms with E-state index in [-0.39, 0.29) is 135 Å². The molecule has 0 spiro atoms. The van der Waals surface area contributed by atoms with Crippen LogP contribution in [0.1, 0.15) is 100 Å². The molecule has 0 bridgehead atoms. The maximum absolute atomic E-state index is 15.0. The monoisotopic (exact) mass is 1640 g/mol. The van der Waals surface area contributed by atoms with Crippen molar-refractivity contribution in [2.75, 3.05) is 90.8 Å². The second kappa shape index (κ2) is 49.2. The molecule has 41 heteroatoms. The number of hydrogen-bond donors (Lipinski definition) is 20. The van der Waals surface area contributed by atoms with Crippen molar-refractivity contribution in [3.05, 3.63) is 108 Å². The van der Waals surface area contributed by atoms with E-state index in [1.165, 1.54) is 56.0 Å². The van der Waals surface area contributed by atoms with Crippen molar-refractivity contribution in [3.8, 4) is 5.75 Å². The van der Waals surface area contributed by atoms with E-state index in [0.717, 1.165) is 10.8 Å². The maximum Gasteiger partial charge on any atom is 0.326 e. The molecule has 8 atom stereocenters.